The van der Waals surface area contributed by atoms with Crippen molar-refractivity contribution in [2.75, 3.05) is 6.54 Å². The Hall–Kier alpha value is -1.43. The van der Waals surface area contributed by atoms with Crippen molar-refractivity contribution in [1.29, 1.82) is 0 Å². The lowest BCUT2D eigenvalue weighted by Crippen LogP contribution is -2.33. The average molecular weight is 268 g/mol. The maximum atomic E-state index is 11.9. The summed E-state index contributed by atoms with van der Waals surface area (Å²) in [5.41, 5.74) is 5.55. The number of nitrogens with two attached hydrogens (primary N) is 1. The van der Waals surface area contributed by atoms with Gasteiger partial charge in [-0.15, -0.1) is 0 Å². The zero-order valence-electron chi connectivity index (χ0n) is 10.8. The van der Waals surface area contributed by atoms with Crippen LogP contribution in [0.1, 0.15) is 45.0 Å². The van der Waals surface area contributed by atoms with Gasteiger partial charge in [0.1, 0.15) is 11.0 Å². The van der Waals surface area contributed by atoms with E-state index in [4.69, 9.17) is 18.0 Å². The van der Waals surface area contributed by atoms with Crippen molar-refractivity contribution in [2.45, 2.75) is 39.2 Å². The van der Waals surface area contributed by atoms with Crippen LogP contribution in [0.4, 0.5) is 0 Å². The fourth-order valence-electron chi connectivity index (χ4n) is 1.68. The fourth-order valence-corrected chi connectivity index (χ4v) is 1.84. The number of hydrogen-bond acceptors (Lipinski definition) is 3. The molecule has 0 aliphatic carbocycles. The molecule has 0 aliphatic heterocycles. The SMILES string of the molecule is CCCCCNC(=O)C(C)n1ccnc1C(N)=S. The van der Waals surface area contributed by atoms with E-state index in [1.165, 1.54) is 0 Å². The summed E-state index contributed by atoms with van der Waals surface area (Å²) < 4.78 is 1.69. The van der Waals surface area contributed by atoms with Crippen LogP contribution in [0.25, 0.3) is 0 Å². The molecular formula is C12H20N4OS. The van der Waals surface area contributed by atoms with Gasteiger partial charge in [0.15, 0.2) is 5.82 Å². The van der Waals surface area contributed by atoms with E-state index in [1.54, 1.807) is 23.9 Å². The number of unbranched alkanes of at least 4 members (excludes halogenated alkanes) is 2. The van der Waals surface area contributed by atoms with Gasteiger partial charge in [0.2, 0.25) is 5.91 Å². The van der Waals surface area contributed by atoms with Gasteiger partial charge < -0.3 is 15.6 Å². The highest BCUT2D eigenvalue weighted by atomic mass is 32.1. The van der Waals surface area contributed by atoms with Gasteiger partial charge >= 0.3 is 0 Å². The summed E-state index contributed by atoms with van der Waals surface area (Å²) in [4.78, 5) is 16.2. The van der Waals surface area contributed by atoms with Crippen molar-refractivity contribution in [1.82, 2.24) is 14.9 Å². The number of amides is 1. The lowest BCUT2D eigenvalue weighted by Gasteiger charge is -2.15. The smallest absolute Gasteiger partial charge is 0.242 e. The second kappa shape index (κ2) is 7.10. The van der Waals surface area contributed by atoms with Crippen LogP contribution in [0.3, 0.4) is 0 Å². The quantitative estimate of drug-likeness (QED) is 0.579. The highest BCUT2D eigenvalue weighted by Crippen LogP contribution is 2.09. The Morgan fingerprint density at radius 2 is 2.33 bits per heavy atom. The van der Waals surface area contributed by atoms with Crippen molar-refractivity contribution in [2.24, 2.45) is 5.73 Å². The van der Waals surface area contributed by atoms with Crippen LogP contribution in [0.15, 0.2) is 12.4 Å². The number of carbonyl (C=O) groups is 1. The third-order valence-corrected chi connectivity index (χ3v) is 2.95. The molecule has 1 unspecified atom stereocenters. The Morgan fingerprint density at radius 1 is 1.61 bits per heavy atom. The molecule has 1 rings (SSSR count). The van der Waals surface area contributed by atoms with Crippen LogP contribution in [0.5, 0.6) is 0 Å². The predicted octanol–water partition coefficient (Wildman–Crippen LogP) is 1.38. The largest absolute Gasteiger partial charge is 0.387 e. The summed E-state index contributed by atoms with van der Waals surface area (Å²) in [5, 5.41) is 2.90. The standard InChI is InChI=1S/C12H20N4OS/c1-3-4-5-6-15-12(17)9(2)16-8-7-14-11(16)10(13)18/h7-9H,3-6H2,1-2H3,(H2,13,18)(H,15,17). The van der Waals surface area contributed by atoms with E-state index in [9.17, 15) is 4.79 Å². The molecule has 0 fully saturated rings. The molecule has 0 saturated heterocycles. The highest BCUT2D eigenvalue weighted by Gasteiger charge is 2.18. The van der Waals surface area contributed by atoms with Crippen molar-refractivity contribution in [3.8, 4) is 0 Å². The summed E-state index contributed by atoms with van der Waals surface area (Å²) in [6.45, 7) is 4.64. The van der Waals surface area contributed by atoms with Gasteiger partial charge in [0.05, 0.1) is 0 Å². The number of nitrogens with zero attached hydrogens (tertiary/aromatic N) is 2. The Labute approximate surface area is 113 Å². The van der Waals surface area contributed by atoms with E-state index >= 15 is 0 Å². The summed E-state index contributed by atoms with van der Waals surface area (Å²) in [5.74, 6) is 0.433. The summed E-state index contributed by atoms with van der Waals surface area (Å²) >= 11 is 4.89. The van der Waals surface area contributed by atoms with E-state index in [2.05, 4.69) is 17.2 Å². The third-order valence-electron chi connectivity index (χ3n) is 2.77. The minimum absolute atomic E-state index is 0.0402. The number of aromatic nitrogens is 2. The van der Waals surface area contributed by atoms with Crippen molar-refractivity contribution < 1.29 is 4.79 Å². The number of carbonyl (C=O) groups excluding carboxylic acids is 1. The summed E-state index contributed by atoms with van der Waals surface area (Å²) in [6, 6.07) is -0.356. The van der Waals surface area contributed by atoms with Crippen LogP contribution in [-0.2, 0) is 4.79 Å². The minimum Gasteiger partial charge on any atom is -0.387 e. The molecule has 0 bridgehead atoms. The van der Waals surface area contributed by atoms with Gasteiger partial charge in [-0.3, -0.25) is 4.79 Å². The number of rotatable bonds is 7. The fraction of sp³-hybridized carbons (Fsp3) is 0.583. The first-order chi connectivity index (χ1) is 8.57. The molecule has 5 nitrogen and oxygen atoms in total. The maximum Gasteiger partial charge on any atom is 0.242 e. The van der Waals surface area contributed by atoms with E-state index in [0.29, 0.717) is 12.4 Å². The van der Waals surface area contributed by atoms with Crippen molar-refractivity contribution in [3.05, 3.63) is 18.2 Å². The number of thiocarbonyl (C=S) groups is 1. The van der Waals surface area contributed by atoms with Gasteiger partial charge in [-0.1, -0.05) is 32.0 Å². The average Bonchev–Trinajstić information content (AvgIpc) is 2.82. The monoisotopic (exact) mass is 268 g/mol. The first-order valence-corrected chi connectivity index (χ1v) is 6.59. The summed E-state index contributed by atoms with van der Waals surface area (Å²) in [7, 11) is 0. The molecule has 0 spiro atoms. The number of hydrogen-bond donors (Lipinski definition) is 2. The second-order valence-corrected chi connectivity index (χ2v) is 4.64. The minimum atomic E-state index is -0.356. The Balaban J connectivity index is 2.57. The predicted molar refractivity (Wildman–Crippen MR) is 75.4 cm³/mol. The normalized spacial score (nSPS) is 12.1. The van der Waals surface area contributed by atoms with Gasteiger partial charge in [0.25, 0.3) is 0 Å². The van der Waals surface area contributed by atoms with Gasteiger partial charge in [-0.25, -0.2) is 4.98 Å². The van der Waals surface area contributed by atoms with Crippen LogP contribution < -0.4 is 11.1 Å². The molecule has 0 aromatic carbocycles. The molecule has 1 atom stereocenters. The van der Waals surface area contributed by atoms with Gasteiger partial charge in [-0.05, 0) is 13.3 Å². The molecule has 0 saturated carbocycles. The summed E-state index contributed by atoms with van der Waals surface area (Å²) in [6.07, 6.45) is 6.57. The lowest BCUT2D eigenvalue weighted by atomic mass is 10.2. The Bertz CT molecular complexity index is 416. The van der Waals surface area contributed by atoms with Crippen LogP contribution in [0.2, 0.25) is 0 Å². The molecule has 3 N–H and O–H groups in total. The van der Waals surface area contributed by atoms with Gasteiger partial charge in [-0.2, -0.15) is 0 Å². The molecule has 1 aromatic rings. The van der Waals surface area contributed by atoms with Crippen LogP contribution >= 0.6 is 12.2 Å². The molecule has 1 amide bonds. The van der Waals surface area contributed by atoms with E-state index < -0.39 is 0 Å². The topological polar surface area (TPSA) is 72.9 Å². The molecular weight excluding hydrogens is 248 g/mol. The zero-order valence-corrected chi connectivity index (χ0v) is 11.7. The number of imidazole rings is 1. The lowest BCUT2D eigenvalue weighted by molar-refractivity contribution is -0.123. The Kier molecular flexibility index (Phi) is 5.77. The molecule has 1 heterocycles. The number of nitrogens with one attached hydrogen (secondary N) is 1. The van der Waals surface area contributed by atoms with E-state index in [1.807, 2.05) is 0 Å². The Morgan fingerprint density at radius 3 is 2.94 bits per heavy atom. The molecule has 6 heteroatoms. The van der Waals surface area contributed by atoms with Crippen LogP contribution in [-0.4, -0.2) is 27.0 Å². The second-order valence-electron chi connectivity index (χ2n) is 4.20. The highest BCUT2D eigenvalue weighted by molar-refractivity contribution is 7.80. The third kappa shape index (κ3) is 3.80. The first-order valence-electron chi connectivity index (χ1n) is 6.18. The van der Waals surface area contributed by atoms with E-state index in [0.717, 1.165) is 19.3 Å². The molecule has 0 aliphatic rings. The van der Waals surface area contributed by atoms with Gasteiger partial charge in [0, 0.05) is 18.9 Å². The van der Waals surface area contributed by atoms with E-state index in [-0.39, 0.29) is 16.9 Å². The molecule has 100 valence electrons. The molecule has 0 radical (unpaired) electrons. The molecule has 1 aromatic heterocycles. The van der Waals surface area contributed by atoms with Crippen LogP contribution in [0, 0.1) is 0 Å². The maximum absolute atomic E-state index is 11.9. The van der Waals surface area contributed by atoms with Crippen molar-refractivity contribution >= 4 is 23.1 Å². The molecule has 18 heavy (non-hydrogen) atoms. The van der Waals surface area contributed by atoms with Crippen molar-refractivity contribution in [3.63, 3.8) is 0 Å². The zero-order chi connectivity index (χ0) is 13.5. The first kappa shape index (κ1) is 14.6.